The monoisotopic (exact) mass is 402 g/mol. The van der Waals surface area contributed by atoms with Gasteiger partial charge < -0.3 is 0 Å². The molecule has 10 N–H and O–H groups in total. The summed E-state index contributed by atoms with van der Waals surface area (Å²) in [7, 11) is 0. The second kappa shape index (κ2) is 22.9. The molecule has 0 aromatic heterocycles. The van der Waals surface area contributed by atoms with Gasteiger partial charge in [0.05, 0.1) is 0 Å². The zero-order valence-electron chi connectivity index (χ0n) is 17.7. The average Bonchev–Trinajstić information content (AvgIpc) is 2.71. The molecule has 0 unspecified atom stereocenters. The molecule has 10 heteroatoms. The van der Waals surface area contributed by atoms with Gasteiger partial charge in [0.25, 0.3) is 0 Å². The first kappa shape index (κ1) is 25.6. The van der Waals surface area contributed by atoms with Gasteiger partial charge >= 0.3 is 0 Å². The van der Waals surface area contributed by atoms with E-state index < -0.39 is 0 Å². The SMILES string of the molecule is C1CCCCCCCCCNNNNNNNNNNCCCCCCCC1. The van der Waals surface area contributed by atoms with E-state index in [9.17, 15) is 0 Å². The van der Waals surface area contributed by atoms with Gasteiger partial charge in [0, 0.05) is 13.1 Å². The van der Waals surface area contributed by atoms with Crippen LogP contribution in [0.2, 0.25) is 0 Å². The van der Waals surface area contributed by atoms with E-state index in [0.29, 0.717) is 0 Å². The van der Waals surface area contributed by atoms with Crippen LogP contribution in [0.1, 0.15) is 103 Å². The largest absolute Gasteiger partial charge is 0.243 e. The summed E-state index contributed by atoms with van der Waals surface area (Å²) in [6.45, 7) is 1.88. The number of hydrazine groups is 9. The summed E-state index contributed by atoms with van der Waals surface area (Å²) < 4.78 is 0. The fraction of sp³-hybridized carbons (Fsp3) is 1.00. The molecule has 0 aromatic rings. The third-order valence-corrected chi connectivity index (χ3v) is 4.97. The number of hydrogen-bond donors (Lipinski definition) is 10. The zero-order chi connectivity index (χ0) is 19.8. The Balaban J connectivity index is 2.00. The normalized spacial score (nSPS) is 24.0. The van der Waals surface area contributed by atoms with Crippen molar-refractivity contribution < 1.29 is 0 Å². The molecule has 28 heavy (non-hydrogen) atoms. The van der Waals surface area contributed by atoms with Gasteiger partial charge in [0.15, 0.2) is 0 Å². The van der Waals surface area contributed by atoms with Crippen LogP contribution in [0.25, 0.3) is 0 Å². The van der Waals surface area contributed by atoms with Crippen molar-refractivity contribution in [2.24, 2.45) is 0 Å². The van der Waals surface area contributed by atoms with Gasteiger partial charge in [-0.15, -0.1) is 0 Å². The highest BCUT2D eigenvalue weighted by molar-refractivity contribution is 4.51. The van der Waals surface area contributed by atoms with Crippen LogP contribution in [0, 0.1) is 0 Å². The first-order valence-corrected chi connectivity index (χ1v) is 11.5. The van der Waals surface area contributed by atoms with E-state index in [1.807, 2.05) is 0 Å². The van der Waals surface area contributed by atoms with E-state index >= 15 is 0 Å². The predicted octanol–water partition coefficient (Wildman–Crippen LogP) is 1.37. The zero-order valence-corrected chi connectivity index (χ0v) is 17.7. The summed E-state index contributed by atoms with van der Waals surface area (Å²) in [5.74, 6) is 0. The fourth-order valence-electron chi connectivity index (χ4n) is 3.30. The summed E-state index contributed by atoms with van der Waals surface area (Å²) in [6.07, 6.45) is 21.8. The van der Waals surface area contributed by atoms with E-state index in [-0.39, 0.29) is 0 Å². The van der Waals surface area contributed by atoms with Crippen molar-refractivity contribution in [3.8, 4) is 0 Å². The first-order chi connectivity index (χ1) is 14.0. The Kier molecular flexibility index (Phi) is 21.0. The third kappa shape index (κ3) is 20.3. The van der Waals surface area contributed by atoms with Crippen LogP contribution in [0.4, 0.5) is 0 Å². The third-order valence-electron chi connectivity index (χ3n) is 4.97. The lowest BCUT2D eigenvalue weighted by Crippen LogP contribution is -2.65. The van der Waals surface area contributed by atoms with E-state index in [4.69, 9.17) is 0 Å². The fourth-order valence-corrected chi connectivity index (χ4v) is 3.30. The molecule has 0 spiro atoms. The summed E-state index contributed by atoms with van der Waals surface area (Å²) in [5.41, 5.74) is 28.3. The number of nitrogens with one attached hydrogen (secondary N) is 10. The molecule has 10 nitrogen and oxygen atoms in total. The van der Waals surface area contributed by atoms with Gasteiger partial charge in [0.2, 0.25) is 0 Å². The second-order valence-corrected chi connectivity index (χ2v) is 7.51. The van der Waals surface area contributed by atoms with Gasteiger partial charge in [0.1, 0.15) is 0 Å². The summed E-state index contributed by atoms with van der Waals surface area (Å²) >= 11 is 0. The Bertz CT molecular complexity index is 161. The van der Waals surface area contributed by atoms with Crippen molar-refractivity contribution in [3.05, 3.63) is 0 Å². The Morgan fingerprint density at radius 1 is 0.214 bits per heavy atom. The minimum atomic E-state index is 0.942. The number of rotatable bonds is 0. The molecule has 0 atom stereocenters. The Morgan fingerprint density at radius 2 is 0.429 bits per heavy atom. The van der Waals surface area contributed by atoms with Gasteiger partial charge in [-0.1, -0.05) is 89.9 Å². The Labute approximate surface area is 171 Å². The van der Waals surface area contributed by atoms with Crippen LogP contribution in [-0.4, -0.2) is 13.1 Å². The van der Waals surface area contributed by atoms with E-state index in [1.54, 1.807) is 0 Å². The molecule has 0 amide bonds. The molecule has 0 saturated carbocycles. The lowest BCUT2D eigenvalue weighted by Gasteiger charge is -2.13. The quantitative estimate of drug-likeness (QED) is 0.291. The molecule has 1 saturated heterocycles. The van der Waals surface area contributed by atoms with Crippen LogP contribution in [-0.2, 0) is 0 Å². The maximum atomic E-state index is 3.11. The molecule has 0 bridgehead atoms. The molecule has 1 heterocycles. The molecule has 0 radical (unpaired) electrons. The Morgan fingerprint density at radius 3 is 0.714 bits per heavy atom. The van der Waals surface area contributed by atoms with Gasteiger partial charge in [-0.25, -0.2) is 10.9 Å². The molecule has 1 aliphatic heterocycles. The van der Waals surface area contributed by atoms with Crippen LogP contribution in [0.3, 0.4) is 0 Å². The molecular weight excluding hydrogens is 356 g/mol. The number of hydrogen-bond acceptors (Lipinski definition) is 10. The van der Waals surface area contributed by atoms with Gasteiger partial charge in [-0.3, -0.25) is 0 Å². The van der Waals surface area contributed by atoms with Crippen molar-refractivity contribution in [1.29, 1.82) is 0 Å². The van der Waals surface area contributed by atoms with Crippen molar-refractivity contribution in [2.75, 3.05) is 13.1 Å². The van der Waals surface area contributed by atoms with E-state index in [2.05, 4.69) is 55.1 Å². The average molecular weight is 403 g/mol. The lowest BCUT2D eigenvalue weighted by atomic mass is 10.0. The maximum Gasteiger partial charge on any atom is 0.0113 e. The smallest absolute Gasteiger partial charge is 0.0113 e. The van der Waals surface area contributed by atoms with Crippen molar-refractivity contribution in [3.63, 3.8) is 0 Å². The molecular formula is C18H46N10. The Hall–Kier alpha value is -0.400. The van der Waals surface area contributed by atoms with Crippen LogP contribution < -0.4 is 55.1 Å². The molecule has 1 fully saturated rings. The first-order valence-electron chi connectivity index (χ1n) is 11.5. The summed E-state index contributed by atoms with van der Waals surface area (Å²) in [4.78, 5) is 0. The second-order valence-electron chi connectivity index (χ2n) is 7.51. The van der Waals surface area contributed by atoms with Crippen LogP contribution in [0.15, 0.2) is 0 Å². The maximum absolute atomic E-state index is 3.11. The predicted molar refractivity (Wildman–Crippen MR) is 115 cm³/mol. The van der Waals surface area contributed by atoms with E-state index in [1.165, 1.54) is 103 Å². The van der Waals surface area contributed by atoms with Gasteiger partial charge in [-0.2, -0.15) is 44.3 Å². The molecule has 1 rings (SSSR count). The topological polar surface area (TPSA) is 120 Å². The highest BCUT2D eigenvalue weighted by Crippen LogP contribution is 2.13. The minimum absolute atomic E-state index is 0.942. The van der Waals surface area contributed by atoms with Crippen molar-refractivity contribution in [1.82, 2.24) is 55.1 Å². The van der Waals surface area contributed by atoms with Gasteiger partial charge in [-0.05, 0) is 12.8 Å². The highest BCUT2D eigenvalue weighted by Gasteiger charge is 1.95. The lowest BCUT2D eigenvalue weighted by molar-refractivity contribution is 0.232. The van der Waals surface area contributed by atoms with Crippen LogP contribution in [0.5, 0.6) is 0 Å². The van der Waals surface area contributed by atoms with Crippen molar-refractivity contribution >= 4 is 0 Å². The molecule has 0 aromatic carbocycles. The van der Waals surface area contributed by atoms with E-state index in [0.717, 1.165) is 13.1 Å². The summed E-state index contributed by atoms with van der Waals surface area (Å²) in [6, 6.07) is 0. The highest BCUT2D eigenvalue weighted by atomic mass is 15.9. The molecule has 168 valence electrons. The standard InChI is InChI=1S/C18H46N10/c1-2-4-6-8-10-12-14-16-18-20-22-24-26-28-27-25-23-21-19-17-15-13-11-9-7-5-3-1/h19-28H,1-18H2. The van der Waals surface area contributed by atoms with Crippen LogP contribution >= 0.6 is 0 Å². The summed E-state index contributed by atoms with van der Waals surface area (Å²) in [5, 5.41) is 0. The minimum Gasteiger partial charge on any atom is -0.243 e. The van der Waals surface area contributed by atoms with Crippen molar-refractivity contribution in [2.45, 2.75) is 103 Å². The molecule has 0 aliphatic carbocycles. The molecule has 1 aliphatic rings.